The summed E-state index contributed by atoms with van der Waals surface area (Å²) in [6, 6.07) is 45.6. The van der Waals surface area contributed by atoms with Crippen molar-refractivity contribution in [1.29, 1.82) is 0 Å². The number of rotatable bonds is 6. The van der Waals surface area contributed by atoms with Gasteiger partial charge in [0.1, 0.15) is 0 Å². The molecule has 2 nitrogen and oxygen atoms in total. The zero-order valence-corrected chi connectivity index (χ0v) is 33.4. The van der Waals surface area contributed by atoms with Crippen LogP contribution in [0.2, 0.25) is 0 Å². The van der Waals surface area contributed by atoms with E-state index in [-0.39, 0.29) is 36.9 Å². The third kappa shape index (κ3) is 4.75. The van der Waals surface area contributed by atoms with Gasteiger partial charge in [-0.25, -0.2) is 0 Å². The van der Waals surface area contributed by atoms with Crippen molar-refractivity contribution < 1.29 is 17.4 Å². The van der Waals surface area contributed by atoms with Crippen molar-refractivity contribution in [3.63, 3.8) is 0 Å². The summed E-state index contributed by atoms with van der Waals surface area (Å²) in [5, 5.41) is 0. The molecule has 242 valence electrons. The monoisotopic (exact) mass is 762 g/mol. The Morgan fingerprint density at radius 3 is 1.15 bits per heavy atom. The van der Waals surface area contributed by atoms with Gasteiger partial charge in [-0.15, -0.1) is 24.8 Å². The first-order chi connectivity index (χ1) is 22.3. The smallest absolute Gasteiger partial charge is 0.147 e. The Labute approximate surface area is 300 Å². The second kappa shape index (κ2) is 12.8. The maximum absolute atomic E-state index is 4.75. The fourth-order valence-corrected chi connectivity index (χ4v) is 34.8. The number of anilines is 2. The summed E-state index contributed by atoms with van der Waals surface area (Å²) >= 11 is -4.75. The minimum Gasteiger partial charge on any atom is -0.147 e. The molecule has 6 heteroatoms. The van der Waals surface area contributed by atoms with Gasteiger partial charge in [0.05, 0.1) is 0 Å². The number of fused-ring (bicyclic) bond motifs is 2. The standard InChI is InChI=1S/2C15H14N.2C6H5.2ClH.H2Si.Zr/c2*1-11-8-13-10-12(2)16(15(13)9-11)14-6-4-3-5-7-14;2*1-2-4-6-5-3-1;;;;/h2*3-7,9-10,12H,1-2H3;2*1-5H;2*1H;1H2;. The predicted molar refractivity (Wildman–Crippen MR) is 210 cm³/mol. The molecule has 0 spiro atoms. The van der Waals surface area contributed by atoms with Gasteiger partial charge in [0.2, 0.25) is 0 Å². The van der Waals surface area contributed by atoms with Gasteiger partial charge in [0, 0.05) is 0 Å². The molecule has 8 rings (SSSR count). The molecule has 0 radical (unpaired) electrons. The predicted octanol–water partition coefficient (Wildman–Crippen LogP) is 8.73. The van der Waals surface area contributed by atoms with Gasteiger partial charge in [-0.2, -0.15) is 0 Å². The maximum Gasteiger partial charge on any atom is -0.147 e. The van der Waals surface area contributed by atoms with Gasteiger partial charge in [0.25, 0.3) is 0 Å². The molecule has 2 unspecified atom stereocenters. The van der Waals surface area contributed by atoms with Crippen molar-refractivity contribution in [1.82, 2.24) is 0 Å². The van der Waals surface area contributed by atoms with Gasteiger partial charge < -0.3 is 0 Å². The summed E-state index contributed by atoms with van der Waals surface area (Å²) < 4.78 is 6.18. The molecule has 4 aromatic rings. The summed E-state index contributed by atoms with van der Waals surface area (Å²) in [5.74, 6) is 0. The van der Waals surface area contributed by atoms with Gasteiger partial charge in [0.15, 0.2) is 0 Å². The Kier molecular flexibility index (Phi) is 9.20. The molecule has 4 aliphatic rings. The fourth-order valence-electron chi connectivity index (χ4n) is 9.07. The summed E-state index contributed by atoms with van der Waals surface area (Å²) in [4.78, 5) is 5.08. The van der Waals surface area contributed by atoms with E-state index in [1.807, 2.05) is 0 Å². The number of allylic oxidation sites excluding steroid dienone is 6. The van der Waals surface area contributed by atoms with Crippen molar-refractivity contribution in [2.75, 3.05) is 9.80 Å². The third-order valence-electron chi connectivity index (χ3n) is 10.7. The number of halogens is 2. The van der Waals surface area contributed by atoms with E-state index in [4.69, 9.17) is 0 Å². The molecular weight excluding hydrogens is 723 g/mol. The van der Waals surface area contributed by atoms with Crippen LogP contribution < -0.4 is 16.3 Å². The Morgan fingerprint density at radius 1 is 0.500 bits per heavy atom. The van der Waals surface area contributed by atoms with E-state index in [2.05, 4.69) is 190 Å². The van der Waals surface area contributed by atoms with Crippen LogP contribution in [-0.4, -0.2) is 19.0 Å². The average molecular weight is 765 g/mol. The fraction of sp³-hybridized carbons (Fsp3) is 0.143. The normalized spacial score (nSPS) is 20.0. The molecule has 2 heterocycles. The number of benzene rings is 4. The van der Waals surface area contributed by atoms with Gasteiger partial charge in [-0.1, -0.05) is 0 Å². The van der Waals surface area contributed by atoms with Crippen LogP contribution in [0.1, 0.15) is 27.7 Å². The number of para-hydroxylation sites is 2. The molecule has 0 N–H and O–H groups in total. The molecule has 0 amide bonds. The van der Waals surface area contributed by atoms with E-state index in [9.17, 15) is 0 Å². The zero-order valence-electron chi connectivity index (χ0n) is 27.9. The van der Waals surface area contributed by atoms with Crippen LogP contribution in [0.3, 0.4) is 0 Å². The third-order valence-corrected chi connectivity index (χ3v) is 36.3. The molecule has 2 aliphatic heterocycles. The molecule has 2 aliphatic carbocycles. The quantitative estimate of drug-likeness (QED) is 0.181. The first-order valence-corrected chi connectivity index (χ1v) is 27.3. The van der Waals surface area contributed by atoms with Crippen LogP contribution in [0.4, 0.5) is 11.4 Å². The Morgan fingerprint density at radius 2 is 0.812 bits per heavy atom. The van der Waals surface area contributed by atoms with Gasteiger partial charge in [-0.05, 0) is 0 Å². The van der Waals surface area contributed by atoms with Crippen molar-refractivity contribution in [3.05, 3.63) is 186 Å². The minimum absolute atomic E-state index is 0. The minimum atomic E-state index is -4.75. The molecule has 0 aromatic heterocycles. The number of nitrogens with zero attached hydrogens (tertiary/aromatic N) is 2. The van der Waals surface area contributed by atoms with Gasteiger partial charge >= 0.3 is 278 Å². The second-order valence-corrected chi connectivity index (χ2v) is 34.2. The van der Waals surface area contributed by atoms with Crippen molar-refractivity contribution in [2.24, 2.45) is 0 Å². The molecule has 0 fully saturated rings. The average Bonchev–Trinajstić information content (AvgIpc) is 3.78. The SMILES string of the molecule is CC1=[C]([Zr](=[SiH2])([C]2=C(C)C=C3C2=CC(C)N3c2ccccc2)([c]2ccccc2)[c]2ccccc2)C2=CC(C)N(c3ccccc3)C2=C1.Cl.Cl. The number of hydrogen-bond acceptors (Lipinski definition) is 2. The topological polar surface area (TPSA) is 6.48 Å². The van der Waals surface area contributed by atoms with E-state index in [0.717, 1.165) is 0 Å². The molecule has 0 saturated carbocycles. The molecule has 4 aromatic carbocycles. The second-order valence-electron chi connectivity index (χ2n) is 13.4. The van der Waals surface area contributed by atoms with E-state index in [1.165, 1.54) is 51.6 Å². The van der Waals surface area contributed by atoms with E-state index < -0.39 is 17.4 Å². The van der Waals surface area contributed by atoms with Crippen LogP contribution in [0.5, 0.6) is 0 Å². The first-order valence-electron chi connectivity index (χ1n) is 16.5. The van der Waals surface area contributed by atoms with Crippen LogP contribution in [0.15, 0.2) is 186 Å². The summed E-state index contributed by atoms with van der Waals surface area (Å²) in [5.41, 5.74) is 10.9. The van der Waals surface area contributed by atoms with E-state index in [1.54, 1.807) is 6.56 Å². The maximum atomic E-state index is 2.55. The van der Waals surface area contributed by atoms with Crippen LogP contribution in [0.25, 0.3) is 0 Å². The van der Waals surface area contributed by atoms with Crippen molar-refractivity contribution in [3.8, 4) is 0 Å². The molecular formula is C42H42Cl2N2SiZr. The van der Waals surface area contributed by atoms with Gasteiger partial charge in [-0.3, -0.25) is 0 Å². The van der Waals surface area contributed by atoms with Crippen LogP contribution in [-0.2, 0) is 17.4 Å². The summed E-state index contributed by atoms with van der Waals surface area (Å²) in [7, 11) is 0. The summed E-state index contributed by atoms with van der Waals surface area (Å²) in [6.07, 6.45) is 10.1. The molecule has 0 bridgehead atoms. The van der Waals surface area contributed by atoms with Crippen molar-refractivity contribution in [2.45, 2.75) is 39.8 Å². The Balaban J connectivity index is 0.00000201. The van der Waals surface area contributed by atoms with Crippen LogP contribution in [0, 0.1) is 0 Å². The van der Waals surface area contributed by atoms with E-state index >= 15 is 0 Å². The van der Waals surface area contributed by atoms with Crippen LogP contribution >= 0.6 is 24.8 Å². The molecule has 0 saturated heterocycles. The first kappa shape index (κ1) is 34.5. The Hall–Kier alpha value is -3.40. The largest absolute Gasteiger partial charge is 0.147 e. The summed E-state index contributed by atoms with van der Waals surface area (Å²) in [6.45, 7) is 11.8. The molecule has 48 heavy (non-hydrogen) atoms. The van der Waals surface area contributed by atoms with Crippen molar-refractivity contribution >= 4 is 49.6 Å². The van der Waals surface area contributed by atoms with E-state index in [0.29, 0.717) is 0 Å². The number of hydrogen-bond donors (Lipinski definition) is 0. The molecule has 2 atom stereocenters. The zero-order chi connectivity index (χ0) is 31.7. The Bertz CT molecular complexity index is 1990.